The molecule has 28 heavy (non-hydrogen) atoms. The molecule has 144 valence electrons. The second kappa shape index (κ2) is 8.61. The Morgan fingerprint density at radius 2 is 1.54 bits per heavy atom. The highest BCUT2D eigenvalue weighted by Gasteiger charge is 2.20. The summed E-state index contributed by atoms with van der Waals surface area (Å²) < 4.78 is 12.1. The Labute approximate surface area is 174 Å². The molecule has 0 spiro atoms. The van der Waals surface area contributed by atoms with Crippen LogP contribution in [0.15, 0.2) is 77.3 Å². The maximum Gasteiger partial charge on any atom is 0.349 e. The average Bonchev–Trinajstić information content (AvgIpc) is 2.67. The van der Waals surface area contributed by atoms with Crippen molar-refractivity contribution in [2.24, 2.45) is 0 Å². The summed E-state index contributed by atoms with van der Waals surface area (Å²) in [6.45, 7) is 6.17. The van der Waals surface area contributed by atoms with Gasteiger partial charge in [0.1, 0.15) is 11.5 Å². The van der Waals surface area contributed by atoms with E-state index in [9.17, 15) is 4.79 Å². The lowest BCUT2D eigenvalue weighted by Crippen LogP contribution is -2.20. The predicted molar refractivity (Wildman–Crippen MR) is 116 cm³/mol. The number of hydrogen-bond donors (Lipinski definition) is 0. The van der Waals surface area contributed by atoms with Gasteiger partial charge in [-0.25, -0.2) is 4.79 Å². The normalized spacial score (nSPS) is 11.1. The molecule has 0 aliphatic heterocycles. The summed E-state index contributed by atoms with van der Waals surface area (Å²) in [5.74, 6) is 0.752. The molecule has 0 aliphatic rings. The van der Waals surface area contributed by atoms with Gasteiger partial charge in [-0.1, -0.05) is 79.2 Å². The molecule has 0 fully saturated rings. The van der Waals surface area contributed by atoms with Crippen LogP contribution in [0.3, 0.4) is 0 Å². The van der Waals surface area contributed by atoms with Gasteiger partial charge in [0.25, 0.3) is 0 Å². The van der Waals surface area contributed by atoms with Gasteiger partial charge in [-0.05, 0) is 46.9 Å². The van der Waals surface area contributed by atoms with Crippen molar-refractivity contribution < 1.29 is 14.3 Å². The number of esters is 1. The van der Waals surface area contributed by atoms with Crippen LogP contribution in [-0.2, 0) is 10.2 Å². The van der Waals surface area contributed by atoms with Crippen LogP contribution in [0.2, 0.25) is 0 Å². The second-order valence-corrected chi connectivity index (χ2v) is 8.46. The Hall–Kier alpha value is -2.59. The number of hydrogen-bond acceptors (Lipinski definition) is 3. The minimum Gasteiger partial charge on any atom is -0.482 e. The van der Waals surface area contributed by atoms with Crippen LogP contribution < -0.4 is 9.47 Å². The Balaban J connectivity index is 1.62. The lowest BCUT2D eigenvalue weighted by Gasteiger charge is -2.23. The summed E-state index contributed by atoms with van der Waals surface area (Å²) in [6.07, 6.45) is 0. The Bertz CT molecular complexity index is 942. The zero-order valence-corrected chi connectivity index (χ0v) is 17.8. The highest BCUT2D eigenvalue weighted by atomic mass is 79.9. The smallest absolute Gasteiger partial charge is 0.349 e. The third kappa shape index (κ3) is 5.23. The molecule has 0 saturated heterocycles. The standard InChI is InChI=1S/C24H23BrO3/c1-24(2,3)21-15-19(25)11-14-22(21)27-16-23(26)28-20-12-9-18(10-13-20)17-7-5-4-6-8-17/h4-15H,16H2,1-3H3. The van der Waals surface area contributed by atoms with Crippen molar-refractivity contribution in [3.63, 3.8) is 0 Å². The average molecular weight is 439 g/mol. The summed E-state index contributed by atoms with van der Waals surface area (Å²) >= 11 is 3.49. The maximum atomic E-state index is 12.2. The molecular formula is C24H23BrO3. The first-order valence-corrected chi connectivity index (χ1v) is 9.91. The van der Waals surface area contributed by atoms with E-state index in [-0.39, 0.29) is 12.0 Å². The molecule has 3 aromatic rings. The van der Waals surface area contributed by atoms with Crippen LogP contribution in [0, 0.1) is 0 Å². The third-order valence-corrected chi connectivity index (χ3v) is 4.78. The van der Waals surface area contributed by atoms with Crippen molar-refractivity contribution in [2.75, 3.05) is 6.61 Å². The van der Waals surface area contributed by atoms with Gasteiger partial charge in [0.05, 0.1) is 0 Å². The zero-order valence-electron chi connectivity index (χ0n) is 16.2. The predicted octanol–water partition coefficient (Wildman–Crippen LogP) is 6.40. The highest BCUT2D eigenvalue weighted by molar-refractivity contribution is 9.10. The van der Waals surface area contributed by atoms with Gasteiger partial charge in [-0.15, -0.1) is 0 Å². The van der Waals surface area contributed by atoms with E-state index in [2.05, 4.69) is 36.7 Å². The summed E-state index contributed by atoms with van der Waals surface area (Å²) in [5.41, 5.74) is 3.12. The number of halogens is 1. The first-order chi connectivity index (χ1) is 13.3. The molecule has 0 unspecified atom stereocenters. The number of benzene rings is 3. The van der Waals surface area contributed by atoms with E-state index in [4.69, 9.17) is 9.47 Å². The number of ether oxygens (including phenoxy) is 2. The zero-order chi connectivity index (χ0) is 20.1. The van der Waals surface area contributed by atoms with E-state index >= 15 is 0 Å². The molecule has 0 amide bonds. The van der Waals surface area contributed by atoms with Crippen LogP contribution in [-0.4, -0.2) is 12.6 Å². The minimum atomic E-state index is -0.435. The summed E-state index contributed by atoms with van der Waals surface area (Å²) in [6, 6.07) is 23.3. The molecule has 3 nitrogen and oxygen atoms in total. The topological polar surface area (TPSA) is 35.5 Å². The second-order valence-electron chi connectivity index (χ2n) is 7.54. The Kier molecular flexibility index (Phi) is 6.20. The van der Waals surface area contributed by atoms with Gasteiger partial charge in [-0.2, -0.15) is 0 Å². The lowest BCUT2D eigenvalue weighted by molar-refractivity contribution is -0.136. The van der Waals surface area contributed by atoms with E-state index in [0.717, 1.165) is 21.2 Å². The molecule has 0 heterocycles. The van der Waals surface area contributed by atoms with Gasteiger partial charge < -0.3 is 9.47 Å². The molecule has 0 radical (unpaired) electrons. The van der Waals surface area contributed by atoms with Crippen LogP contribution in [0.25, 0.3) is 11.1 Å². The summed E-state index contributed by atoms with van der Waals surface area (Å²) in [4.78, 5) is 12.2. The largest absolute Gasteiger partial charge is 0.482 e. The molecule has 3 rings (SSSR count). The van der Waals surface area contributed by atoms with Crippen molar-refractivity contribution in [1.82, 2.24) is 0 Å². The van der Waals surface area contributed by atoms with E-state index in [1.54, 1.807) is 12.1 Å². The monoisotopic (exact) mass is 438 g/mol. The number of rotatable bonds is 5. The van der Waals surface area contributed by atoms with E-state index in [1.807, 2.05) is 60.7 Å². The third-order valence-electron chi connectivity index (χ3n) is 4.29. The van der Waals surface area contributed by atoms with Gasteiger partial charge in [0, 0.05) is 10.0 Å². The van der Waals surface area contributed by atoms with Crippen molar-refractivity contribution in [2.45, 2.75) is 26.2 Å². The molecule has 0 bridgehead atoms. The summed E-state index contributed by atoms with van der Waals surface area (Å²) in [5, 5.41) is 0. The first kappa shape index (κ1) is 20.2. The highest BCUT2D eigenvalue weighted by Crippen LogP contribution is 2.33. The van der Waals surface area contributed by atoms with Gasteiger partial charge >= 0.3 is 5.97 Å². The van der Waals surface area contributed by atoms with Gasteiger partial charge in [-0.3, -0.25) is 0 Å². The van der Waals surface area contributed by atoms with Crippen molar-refractivity contribution in [3.8, 4) is 22.6 Å². The van der Waals surface area contributed by atoms with Crippen molar-refractivity contribution in [1.29, 1.82) is 0 Å². The van der Waals surface area contributed by atoms with Crippen LogP contribution in [0.4, 0.5) is 0 Å². The van der Waals surface area contributed by atoms with Crippen molar-refractivity contribution >= 4 is 21.9 Å². The molecule has 0 saturated carbocycles. The fourth-order valence-corrected chi connectivity index (χ4v) is 3.22. The Morgan fingerprint density at radius 3 is 2.18 bits per heavy atom. The van der Waals surface area contributed by atoms with Crippen LogP contribution >= 0.6 is 15.9 Å². The fourth-order valence-electron chi connectivity index (χ4n) is 2.86. The maximum absolute atomic E-state index is 12.2. The van der Waals surface area contributed by atoms with Gasteiger partial charge in [0.15, 0.2) is 6.61 Å². The minimum absolute atomic E-state index is 0.101. The SMILES string of the molecule is CC(C)(C)c1cc(Br)ccc1OCC(=O)Oc1ccc(-c2ccccc2)cc1. The number of carbonyl (C=O) groups excluding carboxylic acids is 1. The summed E-state index contributed by atoms with van der Waals surface area (Å²) in [7, 11) is 0. The lowest BCUT2D eigenvalue weighted by atomic mass is 9.86. The molecular weight excluding hydrogens is 416 g/mol. The number of carbonyl (C=O) groups is 1. The van der Waals surface area contributed by atoms with Crippen molar-refractivity contribution in [3.05, 3.63) is 82.8 Å². The van der Waals surface area contributed by atoms with Crippen LogP contribution in [0.5, 0.6) is 11.5 Å². The quantitative estimate of drug-likeness (QED) is 0.341. The van der Waals surface area contributed by atoms with E-state index in [1.165, 1.54) is 0 Å². The van der Waals surface area contributed by atoms with Crippen LogP contribution in [0.1, 0.15) is 26.3 Å². The first-order valence-electron chi connectivity index (χ1n) is 9.12. The molecule has 0 aromatic heterocycles. The molecule has 4 heteroatoms. The molecule has 0 aliphatic carbocycles. The van der Waals surface area contributed by atoms with E-state index < -0.39 is 5.97 Å². The Morgan fingerprint density at radius 1 is 0.893 bits per heavy atom. The van der Waals surface area contributed by atoms with E-state index in [0.29, 0.717) is 11.5 Å². The fraction of sp³-hybridized carbons (Fsp3) is 0.208. The molecule has 3 aromatic carbocycles. The molecule has 0 atom stereocenters. The molecule has 0 N–H and O–H groups in total. The van der Waals surface area contributed by atoms with Gasteiger partial charge in [0.2, 0.25) is 0 Å².